The monoisotopic (exact) mass is 246 g/mol. The first-order chi connectivity index (χ1) is 8.63. The highest BCUT2D eigenvalue weighted by Gasteiger charge is 2.27. The Morgan fingerprint density at radius 3 is 2.50 bits per heavy atom. The molecule has 2 N–H and O–H groups in total. The van der Waals surface area contributed by atoms with Gasteiger partial charge in [-0.3, -0.25) is 0 Å². The van der Waals surface area contributed by atoms with Crippen LogP contribution in [0.4, 0.5) is 5.69 Å². The van der Waals surface area contributed by atoms with Gasteiger partial charge in [0.25, 0.3) is 0 Å². The zero-order valence-corrected chi connectivity index (χ0v) is 11.9. The number of nitrogens with two attached hydrogens (primary N) is 1. The van der Waals surface area contributed by atoms with Crippen molar-refractivity contribution in [2.45, 2.75) is 45.6 Å². The maximum Gasteiger partial charge on any atom is 0.0437 e. The van der Waals surface area contributed by atoms with Crippen molar-refractivity contribution in [2.24, 2.45) is 11.7 Å². The van der Waals surface area contributed by atoms with Gasteiger partial charge < -0.3 is 10.6 Å². The largest absolute Gasteiger partial charge is 0.370 e. The Kier molecular flexibility index (Phi) is 4.28. The SMILES string of the molecule is Cc1ccc(N(C)C(CN)C2CCCC2)c(C)c1. The van der Waals surface area contributed by atoms with E-state index < -0.39 is 0 Å². The second kappa shape index (κ2) is 5.75. The molecule has 1 aliphatic carbocycles. The summed E-state index contributed by atoms with van der Waals surface area (Å²) in [6.45, 7) is 5.10. The average Bonchev–Trinajstić information content (AvgIpc) is 2.83. The predicted molar refractivity (Wildman–Crippen MR) is 79.1 cm³/mol. The second-order valence-electron chi connectivity index (χ2n) is 5.75. The Bertz CT molecular complexity index is 394. The molecule has 0 amide bonds. The van der Waals surface area contributed by atoms with Gasteiger partial charge in [0.15, 0.2) is 0 Å². The summed E-state index contributed by atoms with van der Waals surface area (Å²) in [5.74, 6) is 0.778. The van der Waals surface area contributed by atoms with Crippen molar-refractivity contribution in [3.63, 3.8) is 0 Å². The topological polar surface area (TPSA) is 29.3 Å². The highest BCUT2D eigenvalue weighted by Crippen LogP contribution is 2.32. The minimum Gasteiger partial charge on any atom is -0.370 e. The standard InChI is InChI=1S/C16H26N2/c1-12-8-9-15(13(2)10-12)18(3)16(11-17)14-6-4-5-7-14/h8-10,14,16H,4-7,11,17H2,1-3H3. The van der Waals surface area contributed by atoms with Crippen molar-refractivity contribution in [3.05, 3.63) is 29.3 Å². The summed E-state index contributed by atoms with van der Waals surface area (Å²) in [4.78, 5) is 2.41. The Morgan fingerprint density at radius 2 is 1.94 bits per heavy atom. The van der Waals surface area contributed by atoms with Gasteiger partial charge in [-0.2, -0.15) is 0 Å². The predicted octanol–water partition coefficient (Wildman–Crippen LogP) is 3.26. The van der Waals surface area contributed by atoms with Crippen LogP contribution in [0, 0.1) is 19.8 Å². The molecule has 0 aliphatic heterocycles. The molecule has 0 radical (unpaired) electrons. The molecule has 1 aromatic carbocycles. The quantitative estimate of drug-likeness (QED) is 0.883. The molecule has 1 aromatic rings. The molecule has 0 aromatic heterocycles. The Labute approximate surface area is 111 Å². The molecule has 18 heavy (non-hydrogen) atoms. The van der Waals surface area contributed by atoms with Gasteiger partial charge in [0.2, 0.25) is 0 Å². The van der Waals surface area contributed by atoms with E-state index >= 15 is 0 Å². The number of hydrogen-bond donors (Lipinski definition) is 1. The van der Waals surface area contributed by atoms with Crippen LogP contribution >= 0.6 is 0 Å². The van der Waals surface area contributed by atoms with Gasteiger partial charge in [0.05, 0.1) is 0 Å². The second-order valence-corrected chi connectivity index (χ2v) is 5.75. The van der Waals surface area contributed by atoms with Gasteiger partial charge in [0.1, 0.15) is 0 Å². The first-order valence-electron chi connectivity index (χ1n) is 7.13. The Morgan fingerprint density at radius 1 is 1.28 bits per heavy atom. The minimum atomic E-state index is 0.494. The van der Waals surface area contributed by atoms with Crippen LogP contribution < -0.4 is 10.6 Å². The van der Waals surface area contributed by atoms with E-state index in [1.54, 1.807) is 0 Å². The van der Waals surface area contributed by atoms with Gasteiger partial charge in [0, 0.05) is 25.3 Å². The molecular formula is C16H26N2. The van der Waals surface area contributed by atoms with Crippen LogP contribution in [0.1, 0.15) is 36.8 Å². The summed E-state index contributed by atoms with van der Waals surface area (Å²) in [6, 6.07) is 7.19. The van der Waals surface area contributed by atoms with Crippen LogP contribution in [0.15, 0.2) is 18.2 Å². The highest BCUT2D eigenvalue weighted by molar-refractivity contribution is 5.54. The lowest BCUT2D eigenvalue weighted by Crippen LogP contribution is -2.43. The van der Waals surface area contributed by atoms with E-state index in [4.69, 9.17) is 5.73 Å². The zero-order valence-electron chi connectivity index (χ0n) is 11.9. The van der Waals surface area contributed by atoms with Crippen molar-refractivity contribution in [1.82, 2.24) is 0 Å². The van der Waals surface area contributed by atoms with E-state index in [2.05, 4.69) is 44.0 Å². The Balaban J connectivity index is 2.19. The smallest absolute Gasteiger partial charge is 0.0437 e. The van der Waals surface area contributed by atoms with Crippen LogP contribution in [-0.4, -0.2) is 19.6 Å². The number of benzene rings is 1. The zero-order chi connectivity index (χ0) is 13.1. The van der Waals surface area contributed by atoms with Gasteiger partial charge in [-0.25, -0.2) is 0 Å². The van der Waals surface area contributed by atoms with Crippen LogP contribution in [0.5, 0.6) is 0 Å². The van der Waals surface area contributed by atoms with E-state index in [1.807, 2.05) is 0 Å². The van der Waals surface area contributed by atoms with E-state index in [0.717, 1.165) is 12.5 Å². The van der Waals surface area contributed by atoms with Crippen molar-refractivity contribution in [2.75, 3.05) is 18.5 Å². The maximum atomic E-state index is 6.03. The van der Waals surface area contributed by atoms with Gasteiger partial charge in [-0.1, -0.05) is 30.5 Å². The molecule has 0 bridgehead atoms. The van der Waals surface area contributed by atoms with Crippen molar-refractivity contribution in [3.8, 4) is 0 Å². The van der Waals surface area contributed by atoms with Crippen molar-refractivity contribution in [1.29, 1.82) is 0 Å². The molecule has 1 atom stereocenters. The van der Waals surface area contributed by atoms with Crippen molar-refractivity contribution >= 4 is 5.69 Å². The molecule has 2 rings (SSSR count). The first kappa shape index (κ1) is 13.4. The van der Waals surface area contributed by atoms with E-state index in [9.17, 15) is 0 Å². The van der Waals surface area contributed by atoms with Crippen molar-refractivity contribution < 1.29 is 0 Å². The lowest BCUT2D eigenvalue weighted by Gasteiger charge is -2.34. The summed E-state index contributed by atoms with van der Waals surface area (Å²) in [7, 11) is 2.20. The summed E-state index contributed by atoms with van der Waals surface area (Å²) in [6.07, 6.45) is 5.44. The Hall–Kier alpha value is -1.02. The van der Waals surface area contributed by atoms with Crippen LogP contribution in [-0.2, 0) is 0 Å². The fourth-order valence-electron chi connectivity index (χ4n) is 3.39. The molecule has 2 nitrogen and oxygen atoms in total. The molecule has 0 spiro atoms. The number of likely N-dealkylation sites (N-methyl/N-ethyl adjacent to an activating group) is 1. The number of hydrogen-bond acceptors (Lipinski definition) is 2. The third-order valence-electron chi connectivity index (χ3n) is 4.42. The fourth-order valence-corrected chi connectivity index (χ4v) is 3.39. The van der Waals surface area contributed by atoms with Gasteiger partial charge >= 0.3 is 0 Å². The molecule has 2 heteroatoms. The summed E-state index contributed by atoms with van der Waals surface area (Å²) < 4.78 is 0. The summed E-state index contributed by atoms with van der Waals surface area (Å²) in [5.41, 5.74) is 10.0. The van der Waals surface area contributed by atoms with Gasteiger partial charge in [-0.15, -0.1) is 0 Å². The van der Waals surface area contributed by atoms with Crippen LogP contribution in [0.2, 0.25) is 0 Å². The third-order valence-corrected chi connectivity index (χ3v) is 4.42. The van der Waals surface area contributed by atoms with E-state index in [0.29, 0.717) is 6.04 Å². The maximum absolute atomic E-state index is 6.03. The fraction of sp³-hybridized carbons (Fsp3) is 0.625. The normalized spacial score (nSPS) is 18.0. The van der Waals surface area contributed by atoms with E-state index in [1.165, 1.54) is 42.5 Å². The van der Waals surface area contributed by atoms with Crippen LogP contribution in [0.25, 0.3) is 0 Å². The number of aryl methyl sites for hydroxylation is 2. The molecule has 1 aliphatic rings. The number of nitrogens with zero attached hydrogens (tertiary/aromatic N) is 1. The first-order valence-corrected chi connectivity index (χ1v) is 7.13. The van der Waals surface area contributed by atoms with Gasteiger partial charge in [-0.05, 0) is 44.2 Å². The molecular weight excluding hydrogens is 220 g/mol. The van der Waals surface area contributed by atoms with Crippen LogP contribution in [0.3, 0.4) is 0 Å². The average molecular weight is 246 g/mol. The molecule has 100 valence electrons. The number of anilines is 1. The number of rotatable bonds is 4. The third kappa shape index (κ3) is 2.69. The molecule has 1 saturated carbocycles. The summed E-state index contributed by atoms with van der Waals surface area (Å²) >= 11 is 0. The lowest BCUT2D eigenvalue weighted by molar-refractivity contribution is 0.422. The minimum absolute atomic E-state index is 0.494. The highest BCUT2D eigenvalue weighted by atomic mass is 15.1. The molecule has 1 unspecified atom stereocenters. The van der Waals surface area contributed by atoms with E-state index in [-0.39, 0.29) is 0 Å². The molecule has 0 saturated heterocycles. The lowest BCUT2D eigenvalue weighted by atomic mass is 9.96. The summed E-state index contributed by atoms with van der Waals surface area (Å²) in [5, 5.41) is 0. The molecule has 1 fully saturated rings. The molecule has 0 heterocycles.